The minimum absolute atomic E-state index is 0.124. The Bertz CT molecular complexity index is 945. The number of carbonyl (C=O) groups excluding carboxylic acids is 2. The summed E-state index contributed by atoms with van der Waals surface area (Å²) >= 11 is 12.8. The summed E-state index contributed by atoms with van der Waals surface area (Å²) in [7, 11) is 3.09. The quantitative estimate of drug-likeness (QED) is 0.614. The van der Waals surface area contributed by atoms with Crippen LogP contribution < -0.4 is 9.47 Å². The molecule has 1 heterocycles. The zero-order chi connectivity index (χ0) is 19.6. The molecular formula is C19H15Cl2NO4S. The van der Waals surface area contributed by atoms with Gasteiger partial charge in [-0.15, -0.1) is 0 Å². The average molecular weight is 424 g/mol. The molecule has 0 N–H and O–H groups in total. The van der Waals surface area contributed by atoms with Crippen molar-refractivity contribution >= 4 is 52.2 Å². The van der Waals surface area contributed by atoms with Gasteiger partial charge in [0.2, 0.25) is 0 Å². The lowest BCUT2D eigenvalue weighted by atomic mass is 10.1. The van der Waals surface area contributed by atoms with Crippen LogP contribution in [-0.2, 0) is 11.3 Å². The number of rotatable bonds is 5. The number of methoxy groups -OCH3 is 2. The van der Waals surface area contributed by atoms with Gasteiger partial charge in [0.25, 0.3) is 11.1 Å². The molecule has 3 rings (SSSR count). The van der Waals surface area contributed by atoms with Crippen LogP contribution in [0.15, 0.2) is 41.3 Å². The molecule has 5 nitrogen and oxygen atoms in total. The van der Waals surface area contributed by atoms with E-state index in [0.717, 1.165) is 17.3 Å². The molecule has 0 atom stereocenters. The number of halogens is 2. The summed E-state index contributed by atoms with van der Waals surface area (Å²) in [6.45, 7) is 0.124. The lowest BCUT2D eigenvalue weighted by molar-refractivity contribution is -0.123. The van der Waals surface area contributed by atoms with E-state index >= 15 is 0 Å². The first-order chi connectivity index (χ1) is 12.9. The van der Waals surface area contributed by atoms with E-state index in [1.807, 2.05) is 0 Å². The number of hydrogen-bond donors (Lipinski definition) is 0. The number of nitrogens with zero attached hydrogens (tertiary/aromatic N) is 1. The number of hydrogen-bond acceptors (Lipinski definition) is 5. The summed E-state index contributed by atoms with van der Waals surface area (Å²) in [6.07, 6.45) is 1.64. The van der Waals surface area contributed by atoms with Crippen molar-refractivity contribution in [2.45, 2.75) is 6.54 Å². The van der Waals surface area contributed by atoms with Gasteiger partial charge >= 0.3 is 0 Å². The Morgan fingerprint density at radius 3 is 2.48 bits per heavy atom. The highest BCUT2D eigenvalue weighted by Gasteiger charge is 2.35. The van der Waals surface area contributed by atoms with E-state index in [9.17, 15) is 9.59 Å². The normalized spacial score (nSPS) is 15.6. The van der Waals surface area contributed by atoms with Crippen LogP contribution in [0.4, 0.5) is 4.79 Å². The number of thioether (sulfide) groups is 1. The van der Waals surface area contributed by atoms with Crippen LogP contribution in [0.1, 0.15) is 11.1 Å². The van der Waals surface area contributed by atoms with Crippen LogP contribution in [0, 0.1) is 0 Å². The van der Waals surface area contributed by atoms with E-state index in [1.165, 1.54) is 12.0 Å². The summed E-state index contributed by atoms with van der Waals surface area (Å²) in [5, 5.41) is 0.450. The molecule has 8 heteroatoms. The molecule has 2 aromatic carbocycles. The number of ether oxygens (including phenoxy) is 2. The maximum Gasteiger partial charge on any atom is 0.293 e. The third-order valence-corrected chi connectivity index (χ3v) is 5.57. The van der Waals surface area contributed by atoms with Crippen molar-refractivity contribution < 1.29 is 19.1 Å². The number of carbonyl (C=O) groups is 2. The van der Waals surface area contributed by atoms with Crippen molar-refractivity contribution in [3.8, 4) is 11.5 Å². The summed E-state index contributed by atoms with van der Waals surface area (Å²) in [5.74, 6) is 0.816. The fraction of sp³-hybridized carbons (Fsp3) is 0.158. The zero-order valence-corrected chi connectivity index (χ0v) is 16.8. The second-order valence-corrected chi connectivity index (χ2v) is 7.43. The Balaban J connectivity index is 1.85. The molecule has 0 aromatic heterocycles. The summed E-state index contributed by atoms with van der Waals surface area (Å²) in [4.78, 5) is 26.5. The van der Waals surface area contributed by atoms with E-state index in [2.05, 4.69) is 0 Å². The lowest BCUT2D eigenvalue weighted by Crippen LogP contribution is -2.27. The molecule has 1 aliphatic heterocycles. The van der Waals surface area contributed by atoms with Crippen LogP contribution in [0.2, 0.25) is 10.0 Å². The molecule has 0 spiro atoms. The van der Waals surface area contributed by atoms with Crippen LogP contribution in [0.25, 0.3) is 6.08 Å². The van der Waals surface area contributed by atoms with Gasteiger partial charge in [0.1, 0.15) is 11.5 Å². The third-order valence-electron chi connectivity index (χ3n) is 3.93. The second kappa shape index (κ2) is 8.25. The Hall–Kier alpha value is -2.15. The predicted octanol–water partition coefficient (Wildman–Crippen LogP) is 5.25. The molecule has 2 amide bonds. The lowest BCUT2D eigenvalue weighted by Gasteiger charge is -2.13. The van der Waals surface area contributed by atoms with Crippen molar-refractivity contribution in [2.75, 3.05) is 14.2 Å². The first kappa shape index (κ1) is 19.6. The SMILES string of the molecule is COc1ccc(/C=C2\SC(=O)N(Cc3ccc(Cl)c(Cl)c3)C2=O)c(OC)c1. The van der Waals surface area contributed by atoms with E-state index in [-0.39, 0.29) is 17.7 Å². The van der Waals surface area contributed by atoms with Crippen molar-refractivity contribution in [3.63, 3.8) is 0 Å². The van der Waals surface area contributed by atoms with Crippen LogP contribution in [0.5, 0.6) is 11.5 Å². The highest BCUT2D eigenvalue weighted by molar-refractivity contribution is 8.18. The minimum Gasteiger partial charge on any atom is -0.497 e. The Morgan fingerprint density at radius 1 is 1.04 bits per heavy atom. The second-order valence-electron chi connectivity index (χ2n) is 5.62. The van der Waals surface area contributed by atoms with Gasteiger partial charge in [-0.2, -0.15) is 0 Å². The van der Waals surface area contributed by atoms with Gasteiger partial charge in [-0.3, -0.25) is 14.5 Å². The Kier molecular flexibility index (Phi) is 5.99. The highest BCUT2D eigenvalue weighted by Crippen LogP contribution is 2.36. The molecule has 0 aliphatic carbocycles. The molecule has 1 aliphatic rings. The largest absolute Gasteiger partial charge is 0.497 e. The molecule has 0 unspecified atom stereocenters. The van der Waals surface area contributed by atoms with Crippen LogP contribution in [-0.4, -0.2) is 30.3 Å². The molecule has 27 heavy (non-hydrogen) atoms. The van der Waals surface area contributed by atoms with Gasteiger partial charge < -0.3 is 9.47 Å². The average Bonchev–Trinajstić information content (AvgIpc) is 2.92. The first-order valence-electron chi connectivity index (χ1n) is 7.84. The standard InChI is InChI=1S/C19H15Cl2NO4S/c1-25-13-5-4-12(16(9-13)26-2)8-17-18(23)22(19(24)27-17)10-11-3-6-14(20)15(21)7-11/h3-9H,10H2,1-2H3/b17-8-. The zero-order valence-electron chi connectivity index (χ0n) is 14.5. The third kappa shape index (κ3) is 4.24. The Labute approximate surface area is 170 Å². The van der Waals surface area contributed by atoms with Gasteiger partial charge in [-0.1, -0.05) is 29.3 Å². The van der Waals surface area contributed by atoms with E-state index in [1.54, 1.807) is 49.6 Å². The number of amides is 2. The smallest absolute Gasteiger partial charge is 0.293 e. The molecule has 0 saturated carbocycles. The molecule has 140 valence electrons. The molecule has 1 fully saturated rings. The highest BCUT2D eigenvalue weighted by atomic mass is 35.5. The van der Waals surface area contributed by atoms with Crippen molar-refractivity contribution in [3.05, 3.63) is 62.5 Å². The minimum atomic E-state index is -0.367. The maximum absolute atomic E-state index is 12.7. The summed E-state index contributed by atoms with van der Waals surface area (Å²) in [5.41, 5.74) is 1.40. The number of imide groups is 1. The van der Waals surface area contributed by atoms with E-state index in [0.29, 0.717) is 32.0 Å². The van der Waals surface area contributed by atoms with E-state index in [4.69, 9.17) is 32.7 Å². The molecule has 2 aromatic rings. The monoisotopic (exact) mass is 423 g/mol. The van der Waals surface area contributed by atoms with E-state index < -0.39 is 0 Å². The van der Waals surface area contributed by atoms with Crippen molar-refractivity contribution in [1.29, 1.82) is 0 Å². The van der Waals surface area contributed by atoms with Gasteiger partial charge in [-0.25, -0.2) is 0 Å². The molecule has 1 saturated heterocycles. The predicted molar refractivity (Wildman–Crippen MR) is 108 cm³/mol. The van der Waals surface area contributed by atoms with Crippen molar-refractivity contribution in [1.82, 2.24) is 4.90 Å². The molecule has 0 bridgehead atoms. The van der Waals surface area contributed by atoms with Gasteiger partial charge in [0.15, 0.2) is 0 Å². The summed E-state index contributed by atoms with van der Waals surface area (Å²) < 4.78 is 10.5. The molecular weight excluding hydrogens is 409 g/mol. The molecule has 0 radical (unpaired) electrons. The van der Waals surface area contributed by atoms with Gasteiger partial charge in [0.05, 0.1) is 35.7 Å². The summed E-state index contributed by atoms with van der Waals surface area (Å²) in [6, 6.07) is 10.2. The van der Waals surface area contributed by atoms with Crippen molar-refractivity contribution in [2.24, 2.45) is 0 Å². The fourth-order valence-corrected chi connectivity index (χ4v) is 3.69. The first-order valence-corrected chi connectivity index (χ1v) is 9.41. The fourth-order valence-electron chi connectivity index (χ4n) is 2.54. The van der Waals surface area contributed by atoms with Crippen LogP contribution in [0.3, 0.4) is 0 Å². The number of benzene rings is 2. The topological polar surface area (TPSA) is 55.8 Å². The van der Waals surface area contributed by atoms with Gasteiger partial charge in [-0.05, 0) is 47.7 Å². The Morgan fingerprint density at radius 2 is 1.81 bits per heavy atom. The van der Waals surface area contributed by atoms with Gasteiger partial charge in [0, 0.05) is 11.6 Å². The van der Waals surface area contributed by atoms with Crippen LogP contribution >= 0.6 is 35.0 Å². The maximum atomic E-state index is 12.7.